The lowest BCUT2D eigenvalue weighted by Crippen LogP contribution is -2.45. The van der Waals surface area contributed by atoms with Crippen LogP contribution >= 0.6 is 0 Å². The van der Waals surface area contributed by atoms with Crippen LogP contribution in [0.3, 0.4) is 0 Å². The number of sulfonamides is 1. The third kappa shape index (κ3) is 3.72. The zero-order chi connectivity index (χ0) is 18.9. The Labute approximate surface area is 160 Å². The first-order valence-corrected chi connectivity index (χ1v) is 10.9. The summed E-state index contributed by atoms with van der Waals surface area (Å²) in [5, 5.41) is 3.09. The second-order valence-corrected chi connectivity index (χ2v) is 9.37. The average Bonchev–Trinajstić information content (AvgIpc) is 3.30. The molecule has 4 rings (SSSR count). The molecule has 2 aliphatic rings. The number of nitrogens with one attached hydrogen (secondary N) is 1. The van der Waals surface area contributed by atoms with E-state index in [1.807, 2.05) is 6.07 Å². The van der Waals surface area contributed by atoms with Crippen molar-refractivity contribution in [3.8, 4) is 0 Å². The third-order valence-electron chi connectivity index (χ3n) is 5.75. The van der Waals surface area contributed by atoms with Gasteiger partial charge >= 0.3 is 0 Å². The SMILES string of the molecule is O=C(CN(c1ccccc1)S(=O)(=O)c1ccccc1)N[C@H]1C[C@H]2CC[C@H]1C2. The molecule has 0 aromatic heterocycles. The van der Waals surface area contributed by atoms with Crippen molar-refractivity contribution < 1.29 is 13.2 Å². The number of fused-ring (bicyclic) bond motifs is 2. The van der Waals surface area contributed by atoms with Crippen LogP contribution in [0.25, 0.3) is 0 Å². The lowest BCUT2D eigenvalue weighted by molar-refractivity contribution is -0.120. The molecule has 0 radical (unpaired) electrons. The summed E-state index contributed by atoms with van der Waals surface area (Å²) >= 11 is 0. The van der Waals surface area contributed by atoms with Gasteiger partial charge in [0.1, 0.15) is 6.54 Å². The molecule has 1 N–H and O–H groups in total. The zero-order valence-electron chi connectivity index (χ0n) is 15.1. The van der Waals surface area contributed by atoms with Crippen molar-refractivity contribution in [1.29, 1.82) is 0 Å². The van der Waals surface area contributed by atoms with Crippen molar-refractivity contribution in [2.45, 2.75) is 36.6 Å². The standard InChI is InChI=1S/C21H24N2O3S/c24-21(22-20-14-16-11-12-17(20)13-16)15-23(18-7-3-1-4-8-18)27(25,26)19-9-5-2-6-10-19/h1-10,16-17,20H,11-15H2,(H,22,24)/t16-,17-,20-/m0/s1. The normalized spacial score (nSPS) is 23.9. The Hall–Kier alpha value is -2.34. The van der Waals surface area contributed by atoms with Gasteiger partial charge in [-0.25, -0.2) is 8.42 Å². The molecule has 2 aromatic rings. The summed E-state index contributed by atoms with van der Waals surface area (Å²) in [6.07, 6.45) is 4.64. The van der Waals surface area contributed by atoms with Gasteiger partial charge in [-0.3, -0.25) is 9.10 Å². The number of nitrogens with zero attached hydrogens (tertiary/aromatic N) is 1. The Morgan fingerprint density at radius 1 is 0.963 bits per heavy atom. The van der Waals surface area contributed by atoms with E-state index in [0.29, 0.717) is 11.6 Å². The van der Waals surface area contributed by atoms with Crippen LogP contribution in [-0.4, -0.2) is 26.9 Å². The highest BCUT2D eigenvalue weighted by Gasteiger charge is 2.40. The summed E-state index contributed by atoms with van der Waals surface area (Å²) in [7, 11) is -3.82. The molecule has 2 saturated carbocycles. The number of anilines is 1. The van der Waals surface area contributed by atoms with Gasteiger partial charge in [-0.1, -0.05) is 42.8 Å². The van der Waals surface area contributed by atoms with E-state index in [9.17, 15) is 13.2 Å². The fourth-order valence-electron chi connectivity index (χ4n) is 4.43. The Kier molecular flexibility index (Phi) is 4.91. The van der Waals surface area contributed by atoms with Crippen LogP contribution in [0.5, 0.6) is 0 Å². The van der Waals surface area contributed by atoms with E-state index in [4.69, 9.17) is 0 Å². The van der Waals surface area contributed by atoms with Gasteiger partial charge in [-0.05, 0) is 55.4 Å². The number of carbonyl (C=O) groups is 1. The van der Waals surface area contributed by atoms with E-state index in [-0.39, 0.29) is 23.4 Å². The van der Waals surface area contributed by atoms with Gasteiger partial charge in [-0.2, -0.15) is 0 Å². The molecular weight excluding hydrogens is 360 g/mol. The Bertz CT molecular complexity index is 900. The zero-order valence-corrected chi connectivity index (χ0v) is 15.9. The third-order valence-corrected chi connectivity index (χ3v) is 7.54. The molecule has 0 aliphatic heterocycles. The van der Waals surface area contributed by atoms with Crippen molar-refractivity contribution in [3.05, 3.63) is 60.7 Å². The fraction of sp³-hybridized carbons (Fsp3) is 0.381. The van der Waals surface area contributed by atoms with Gasteiger partial charge in [0.15, 0.2) is 0 Å². The monoisotopic (exact) mass is 384 g/mol. The van der Waals surface area contributed by atoms with Crippen LogP contribution in [0.15, 0.2) is 65.6 Å². The van der Waals surface area contributed by atoms with Crippen LogP contribution in [-0.2, 0) is 14.8 Å². The average molecular weight is 385 g/mol. The van der Waals surface area contributed by atoms with Crippen molar-refractivity contribution in [2.75, 3.05) is 10.8 Å². The van der Waals surface area contributed by atoms with Gasteiger partial charge in [0.2, 0.25) is 5.91 Å². The maximum Gasteiger partial charge on any atom is 0.264 e. The van der Waals surface area contributed by atoms with Gasteiger partial charge in [0, 0.05) is 6.04 Å². The summed E-state index contributed by atoms with van der Waals surface area (Å²) in [4.78, 5) is 12.9. The molecule has 5 nitrogen and oxygen atoms in total. The minimum atomic E-state index is -3.82. The Morgan fingerprint density at radius 2 is 1.63 bits per heavy atom. The summed E-state index contributed by atoms with van der Waals surface area (Å²) < 4.78 is 27.6. The highest BCUT2D eigenvalue weighted by atomic mass is 32.2. The maximum absolute atomic E-state index is 13.2. The smallest absolute Gasteiger partial charge is 0.264 e. The Morgan fingerprint density at radius 3 is 2.22 bits per heavy atom. The lowest BCUT2D eigenvalue weighted by atomic mass is 9.95. The summed E-state index contributed by atoms with van der Waals surface area (Å²) in [6, 6.07) is 17.2. The number of carbonyl (C=O) groups excluding carboxylic acids is 1. The predicted molar refractivity (Wildman–Crippen MR) is 105 cm³/mol. The highest BCUT2D eigenvalue weighted by Crippen LogP contribution is 2.44. The number of para-hydroxylation sites is 1. The van der Waals surface area contributed by atoms with Gasteiger partial charge in [0.25, 0.3) is 10.0 Å². The molecule has 0 spiro atoms. The molecule has 6 heteroatoms. The summed E-state index contributed by atoms with van der Waals surface area (Å²) in [5.74, 6) is 1.03. The van der Waals surface area contributed by atoms with E-state index in [1.54, 1.807) is 54.6 Å². The number of amides is 1. The molecule has 2 fully saturated rings. The lowest BCUT2D eigenvalue weighted by Gasteiger charge is -2.27. The maximum atomic E-state index is 13.2. The minimum absolute atomic E-state index is 0.182. The van der Waals surface area contributed by atoms with E-state index < -0.39 is 10.0 Å². The van der Waals surface area contributed by atoms with E-state index in [2.05, 4.69) is 5.32 Å². The van der Waals surface area contributed by atoms with Gasteiger partial charge < -0.3 is 5.32 Å². The molecule has 2 bridgehead atoms. The fourth-order valence-corrected chi connectivity index (χ4v) is 5.88. The summed E-state index contributed by atoms with van der Waals surface area (Å²) in [5.41, 5.74) is 0.490. The number of hydrogen-bond donors (Lipinski definition) is 1. The predicted octanol–water partition coefficient (Wildman–Crippen LogP) is 3.19. The molecule has 27 heavy (non-hydrogen) atoms. The van der Waals surface area contributed by atoms with Crippen LogP contribution in [0.4, 0.5) is 5.69 Å². The molecule has 0 heterocycles. The largest absolute Gasteiger partial charge is 0.352 e. The number of rotatable bonds is 6. The topological polar surface area (TPSA) is 66.5 Å². The first-order valence-electron chi connectivity index (χ1n) is 9.46. The van der Waals surface area contributed by atoms with Crippen molar-refractivity contribution in [2.24, 2.45) is 11.8 Å². The quantitative estimate of drug-likeness (QED) is 0.832. The first-order chi connectivity index (χ1) is 13.0. The molecule has 2 aromatic carbocycles. The second kappa shape index (κ2) is 7.35. The van der Waals surface area contributed by atoms with Crippen LogP contribution in [0.1, 0.15) is 25.7 Å². The molecule has 0 saturated heterocycles. The van der Waals surface area contributed by atoms with E-state index in [1.165, 1.54) is 23.6 Å². The van der Waals surface area contributed by atoms with Gasteiger partial charge in [-0.15, -0.1) is 0 Å². The van der Waals surface area contributed by atoms with Crippen LogP contribution in [0.2, 0.25) is 0 Å². The highest BCUT2D eigenvalue weighted by molar-refractivity contribution is 7.92. The van der Waals surface area contributed by atoms with E-state index in [0.717, 1.165) is 12.3 Å². The Balaban J connectivity index is 1.56. The van der Waals surface area contributed by atoms with Crippen molar-refractivity contribution in [1.82, 2.24) is 5.32 Å². The van der Waals surface area contributed by atoms with E-state index >= 15 is 0 Å². The van der Waals surface area contributed by atoms with Gasteiger partial charge in [0.05, 0.1) is 10.6 Å². The minimum Gasteiger partial charge on any atom is -0.352 e. The van der Waals surface area contributed by atoms with Crippen molar-refractivity contribution >= 4 is 21.6 Å². The molecule has 0 unspecified atom stereocenters. The first kappa shape index (κ1) is 18.0. The molecular formula is C21H24N2O3S. The number of hydrogen-bond acceptors (Lipinski definition) is 3. The van der Waals surface area contributed by atoms with Crippen LogP contribution in [0, 0.1) is 11.8 Å². The van der Waals surface area contributed by atoms with Crippen molar-refractivity contribution in [3.63, 3.8) is 0 Å². The number of benzene rings is 2. The molecule has 3 atom stereocenters. The summed E-state index contributed by atoms with van der Waals surface area (Å²) in [6.45, 7) is -0.213. The second-order valence-electron chi connectivity index (χ2n) is 7.51. The molecule has 2 aliphatic carbocycles. The van der Waals surface area contributed by atoms with Crippen LogP contribution < -0.4 is 9.62 Å². The molecule has 142 valence electrons. The molecule has 1 amide bonds.